The van der Waals surface area contributed by atoms with Crippen molar-refractivity contribution in [1.29, 1.82) is 0 Å². The monoisotopic (exact) mass is 235 g/mol. The molecule has 0 heterocycles. The fraction of sp³-hybridized carbons (Fsp3) is 0.500. The molecule has 0 aliphatic heterocycles. The summed E-state index contributed by atoms with van der Waals surface area (Å²) in [5.41, 5.74) is 3.65. The fourth-order valence-corrected chi connectivity index (χ4v) is 1.80. The first-order valence-electron chi connectivity index (χ1n) is 6.17. The molecule has 1 aromatic rings. The van der Waals surface area contributed by atoms with E-state index in [0.29, 0.717) is 19.6 Å². The molecule has 3 nitrogen and oxygen atoms in total. The SMILES string of the molecule is CCOC(=O)CCNc1c(C)cccc1CC. The number of anilines is 1. The molecule has 0 aliphatic rings. The zero-order chi connectivity index (χ0) is 12.7. The lowest BCUT2D eigenvalue weighted by atomic mass is 10.1. The van der Waals surface area contributed by atoms with Gasteiger partial charge in [-0.05, 0) is 31.4 Å². The number of benzene rings is 1. The molecule has 1 aromatic carbocycles. The predicted molar refractivity (Wildman–Crippen MR) is 70.3 cm³/mol. The number of esters is 1. The maximum atomic E-state index is 11.2. The molecule has 0 fully saturated rings. The second kappa shape index (κ2) is 6.94. The Morgan fingerprint density at radius 1 is 1.35 bits per heavy atom. The molecule has 3 heteroatoms. The standard InChI is InChI=1S/C14H21NO2/c1-4-12-8-6-7-11(3)14(12)15-10-9-13(16)17-5-2/h6-8,15H,4-5,9-10H2,1-3H3. The van der Waals surface area contributed by atoms with Crippen LogP contribution in [0.4, 0.5) is 5.69 Å². The van der Waals surface area contributed by atoms with Gasteiger partial charge in [0.15, 0.2) is 0 Å². The van der Waals surface area contributed by atoms with Gasteiger partial charge < -0.3 is 10.1 Å². The van der Waals surface area contributed by atoms with Crippen molar-refractivity contribution in [3.63, 3.8) is 0 Å². The molecule has 0 atom stereocenters. The van der Waals surface area contributed by atoms with Crippen LogP contribution in [0.15, 0.2) is 18.2 Å². The van der Waals surface area contributed by atoms with Crippen LogP contribution in [0.3, 0.4) is 0 Å². The van der Waals surface area contributed by atoms with Crippen molar-refractivity contribution in [2.75, 3.05) is 18.5 Å². The quantitative estimate of drug-likeness (QED) is 0.770. The average Bonchev–Trinajstić information content (AvgIpc) is 2.31. The first-order chi connectivity index (χ1) is 8.19. The zero-order valence-electron chi connectivity index (χ0n) is 10.9. The Labute approximate surface area is 103 Å². The molecule has 0 bridgehead atoms. The number of hydrogen-bond donors (Lipinski definition) is 1. The van der Waals surface area contributed by atoms with Crippen molar-refractivity contribution >= 4 is 11.7 Å². The molecule has 0 radical (unpaired) electrons. The van der Waals surface area contributed by atoms with Gasteiger partial charge in [0.2, 0.25) is 0 Å². The topological polar surface area (TPSA) is 38.3 Å². The molecule has 0 unspecified atom stereocenters. The first-order valence-corrected chi connectivity index (χ1v) is 6.17. The molecule has 0 saturated carbocycles. The van der Waals surface area contributed by atoms with Gasteiger partial charge in [0, 0.05) is 12.2 Å². The number of aryl methyl sites for hydroxylation is 2. The van der Waals surface area contributed by atoms with E-state index in [1.807, 2.05) is 6.92 Å². The first kappa shape index (κ1) is 13.6. The molecule has 0 aliphatic carbocycles. The molecule has 0 amide bonds. The third-order valence-corrected chi connectivity index (χ3v) is 2.68. The maximum Gasteiger partial charge on any atom is 0.307 e. The fourth-order valence-electron chi connectivity index (χ4n) is 1.80. The van der Waals surface area contributed by atoms with E-state index in [1.54, 1.807) is 0 Å². The minimum atomic E-state index is -0.147. The average molecular weight is 235 g/mol. The second-order valence-electron chi connectivity index (χ2n) is 3.94. The van der Waals surface area contributed by atoms with E-state index in [2.05, 4.69) is 37.4 Å². The number of carbonyl (C=O) groups is 1. The number of rotatable bonds is 6. The summed E-state index contributed by atoms with van der Waals surface area (Å²) in [5, 5.41) is 3.32. The number of hydrogen-bond acceptors (Lipinski definition) is 3. The zero-order valence-corrected chi connectivity index (χ0v) is 10.9. The van der Waals surface area contributed by atoms with E-state index >= 15 is 0 Å². The van der Waals surface area contributed by atoms with Gasteiger partial charge >= 0.3 is 5.97 Å². The summed E-state index contributed by atoms with van der Waals surface area (Å²) < 4.78 is 4.89. The smallest absolute Gasteiger partial charge is 0.307 e. The summed E-state index contributed by atoms with van der Waals surface area (Å²) in [4.78, 5) is 11.2. The third kappa shape index (κ3) is 4.10. The van der Waals surface area contributed by atoms with Gasteiger partial charge in [0.1, 0.15) is 0 Å². The van der Waals surface area contributed by atoms with Crippen LogP contribution in [0, 0.1) is 6.92 Å². The molecule has 17 heavy (non-hydrogen) atoms. The maximum absolute atomic E-state index is 11.2. The second-order valence-corrected chi connectivity index (χ2v) is 3.94. The number of nitrogens with one attached hydrogen (secondary N) is 1. The highest BCUT2D eigenvalue weighted by Crippen LogP contribution is 2.20. The lowest BCUT2D eigenvalue weighted by molar-refractivity contribution is -0.142. The van der Waals surface area contributed by atoms with E-state index in [1.165, 1.54) is 11.1 Å². The van der Waals surface area contributed by atoms with Crippen molar-refractivity contribution in [3.8, 4) is 0 Å². The van der Waals surface area contributed by atoms with Gasteiger partial charge in [-0.25, -0.2) is 0 Å². The molecule has 0 saturated heterocycles. The largest absolute Gasteiger partial charge is 0.466 e. The molecular formula is C14H21NO2. The summed E-state index contributed by atoms with van der Waals surface area (Å²) in [7, 11) is 0. The number of ether oxygens (including phenoxy) is 1. The van der Waals surface area contributed by atoms with Gasteiger partial charge in [0.05, 0.1) is 13.0 Å². The number of carbonyl (C=O) groups excluding carboxylic acids is 1. The normalized spacial score (nSPS) is 10.1. The van der Waals surface area contributed by atoms with Gasteiger partial charge in [-0.3, -0.25) is 4.79 Å². The van der Waals surface area contributed by atoms with Crippen LogP contribution in [-0.2, 0) is 16.0 Å². The lowest BCUT2D eigenvalue weighted by Crippen LogP contribution is -2.12. The van der Waals surface area contributed by atoms with E-state index < -0.39 is 0 Å². The highest BCUT2D eigenvalue weighted by atomic mass is 16.5. The van der Waals surface area contributed by atoms with Crippen molar-refractivity contribution in [1.82, 2.24) is 0 Å². The predicted octanol–water partition coefficient (Wildman–Crippen LogP) is 2.92. The molecular weight excluding hydrogens is 214 g/mol. The third-order valence-electron chi connectivity index (χ3n) is 2.68. The Morgan fingerprint density at radius 2 is 2.12 bits per heavy atom. The van der Waals surface area contributed by atoms with E-state index in [9.17, 15) is 4.79 Å². The Morgan fingerprint density at radius 3 is 2.76 bits per heavy atom. The summed E-state index contributed by atoms with van der Waals surface area (Å²) >= 11 is 0. The summed E-state index contributed by atoms with van der Waals surface area (Å²) in [6, 6.07) is 6.25. The molecule has 1 N–H and O–H groups in total. The summed E-state index contributed by atoms with van der Waals surface area (Å²) in [5.74, 6) is -0.147. The van der Waals surface area contributed by atoms with Crippen LogP contribution in [0.25, 0.3) is 0 Å². The van der Waals surface area contributed by atoms with Crippen LogP contribution >= 0.6 is 0 Å². The Bertz CT molecular complexity index is 374. The van der Waals surface area contributed by atoms with Crippen molar-refractivity contribution in [2.45, 2.75) is 33.6 Å². The van der Waals surface area contributed by atoms with E-state index in [0.717, 1.165) is 12.1 Å². The summed E-state index contributed by atoms with van der Waals surface area (Å²) in [6.45, 7) is 7.10. The Balaban J connectivity index is 2.54. The highest BCUT2D eigenvalue weighted by Gasteiger charge is 2.05. The molecule has 0 aromatic heterocycles. The highest BCUT2D eigenvalue weighted by molar-refractivity contribution is 5.70. The van der Waals surface area contributed by atoms with Gasteiger partial charge in [-0.1, -0.05) is 25.1 Å². The Kier molecular flexibility index (Phi) is 5.53. The van der Waals surface area contributed by atoms with Crippen LogP contribution in [-0.4, -0.2) is 19.1 Å². The Hall–Kier alpha value is -1.51. The van der Waals surface area contributed by atoms with Crippen LogP contribution in [0.1, 0.15) is 31.4 Å². The molecule has 1 rings (SSSR count). The minimum Gasteiger partial charge on any atom is -0.466 e. The van der Waals surface area contributed by atoms with Crippen LogP contribution in [0.5, 0.6) is 0 Å². The van der Waals surface area contributed by atoms with Crippen LogP contribution in [0.2, 0.25) is 0 Å². The van der Waals surface area contributed by atoms with Crippen molar-refractivity contribution < 1.29 is 9.53 Å². The van der Waals surface area contributed by atoms with Gasteiger partial charge in [-0.15, -0.1) is 0 Å². The minimum absolute atomic E-state index is 0.147. The van der Waals surface area contributed by atoms with Crippen molar-refractivity contribution in [3.05, 3.63) is 29.3 Å². The van der Waals surface area contributed by atoms with Crippen molar-refractivity contribution in [2.24, 2.45) is 0 Å². The van der Waals surface area contributed by atoms with Crippen LogP contribution < -0.4 is 5.32 Å². The van der Waals surface area contributed by atoms with E-state index in [4.69, 9.17) is 4.74 Å². The molecule has 94 valence electrons. The number of para-hydroxylation sites is 1. The van der Waals surface area contributed by atoms with Gasteiger partial charge in [0.25, 0.3) is 0 Å². The van der Waals surface area contributed by atoms with E-state index in [-0.39, 0.29) is 5.97 Å². The molecule has 0 spiro atoms. The summed E-state index contributed by atoms with van der Waals surface area (Å²) in [6.07, 6.45) is 1.40. The van der Waals surface area contributed by atoms with Gasteiger partial charge in [-0.2, -0.15) is 0 Å². The lowest BCUT2D eigenvalue weighted by Gasteiger charge is -2.13.